The zero-order chi connectivity index (χ0) is 12.4. The predicted octanol–water partition coefficient (Wildman–Crippen LogP) is 0.593. The van der Waals surface area contributed by atoms with Crippen LogP contribution in [-0.4, -0.2) is 39.7 Å². The molecular formula is C11H11NO4S. The molecule has 1 aromatic rings. The van der Waals surface area contributed by atoms with E-state index in [1.165, 1.54) is 6.26 Å². The standard InChI is InChI=1S/C11H11NO4S/c1-17(15)7-6-16-12-10(13)8-4-2-3-5-9(8)11(12)14/h2-5H,6-7H2,1H3. The van der Waals surface area contributed by atoms with Crippen LogP contribution in [0.2, 0.25) is 0 Å². The maximum Gasteiger partial charge on any atom is 0.285 e. The van der Waals surface area contributed by atoms with E-state index in [2.05, 4.69) is 0 Å². The quantitative estimate of drug-likeness (QED) is 0.737. The van der Waals surface area contributed by atoms with Crippen LogP contribution in [0.5, 0.6) is 0 Å². The molecule has 0 saturated carbocycles. The van der Waals surface area contributed by atoms with Crippen LogP contribution in [-0.2, 0) is 15.6 Å². The number of hydrogen-bond donors (Lipinski definition) is 0. The van der Waals surface area contributed by atoms with Gasteiger partial charge in [0.1, 0.15) is 0 Å². The summed E-state index contributed by atoms with van der Waals surface area (Å²) in [5, 5.41) is 0.734. The molecule has 2 rings (SSSR count). The van der Waals surface area contributed by atoms with Crippen LogP contribution < -0.4 is 0 Å². The first kappa shape index (κ1) is 11.9. The number of rotatable bonds is 4. The predicted molar refractivity (Wildman–Crippen MR) is 61.8 cm³/mol. The minimum Gasteiger partial charge on any atom is -0.266 e. The molecular weight excluding hydrogens is 242 g/mol. The molecule has 1 unspecified atom stereocenters. The first-order valence-corrected chi connectivity index (χ1v) is 6.74. The van der Waals surface area contributed by atoms with E-state index < -0.39 is 22.6 Å². The Balaban J connectivity index is 2.11. The molecule has 0 fully saturated rings. The van der Waals surface area contributed by atoms with Gasteiger partial charge >= 0.3 is 0 Å². The van der Waals surface area contributed by atoms with Crippen LogP contribution in [0, 0.1) is 0 Å². The normalized spacial score (nSPS) is 16.2. The number of imide groups is 1. The Bertz CT molecular complexity index is 465. The van der Waals surface area contributed by atoms with Crippen molar-refractivity contribution in [3.63, 3.8) is 0 Å². The second kappa shape index (κ2) is 4.77. The van der Waals surface area contributed by atoms with Crippen molar-refractivity contribution in [2.75, 3.05) is 18.6 Å². The zero-order valence-corrected chi connectivity index (χ0v) is 10.0. The number of hydroxylamine groups is 2. The van der Waals surface area contributed by atoms with Gasteiger partial charge in [0.2, 0.25) is 0 Å². The van der Waals surface area contributed by atoms with Crippen LogP contribution in [0.3, 0.4) is 0 Å². The maximum absolute atomic E-state index is 11.8. The summed E-state index contributed by atoms with van der Waals surface area (Å²) in [6.45, 7) is 0.0780. The molecule has 2 amide bonds. The first-order valence-electron chi connectivity index (χ1n) is 5.02. The topological polar surface area (TPSA) is 63.7 Å². The Hall–Kier alpha value is -1.53. The second-order valence-corrected chi connectivity index (χ2v) is 5.12. The van der Waals surface area contributed by atoms with E-state index in [9.17, 15) is 13.8 Å². The highest BCUT2D eigenvalue weighted by Crippen LogP contribution is 2.22. The van der Waals surface area contributed by atoms with Crippen molar-refractivity contribution in [1.82, 2.24) is 5.06 Å². The third kappa shape index (κ3) is 2.27. The minimum absolute atomic E-state index is 0.0780. The van der Waals surface area contributed by atoms with E-state index in [1.807, 2.05) is 0 Å². The van der Waals surface area contributed by atoms with E-state index in [4.69, 9.17) is 4.84 Å². The Morgan fingerprint density at radius 1 is 1.18 bits per heavy atom. The summed E-state index contributed by atoms with van der Waals surface area (Å²) in [6.07, 6.45) is 1.53. The summed E-state index contributed by atoms with van der Waals surface area (Å²) >= 11 is 0. The smallest absolute Gasteiger partial charge is 0.266 e. The molecule has 1 heterocycles. The molecule has 17 heavy (non-hydrogen) atoms. The van der Waals surface area contributed by atoms with E-state index in [0.717, 1.165) is 5.06 Å². The average Bonchev–Trinajstić information content (AvgIpc) is 2.54. The second-order valence-electron chi connectivity index (χ2n) is 3.56. The van der Waals surface area contributed by atoms with Crippen molar-refractivity contribution in [1.29, 1.82) is 0 Å². The summed E-state index contributed by atoms with van der Waals surface area (Å²) < 4.78 is 10.8. The Morgan fingerprint density at radius 2 is 1.71 bits per heavy atom. The monoisotopic (exact) mass is 253 g/mol. The number of nitrogens with zero attached hydrogens (tertiary/aromatic N) is 1. The lowest BCUT2D eigenvalue weighted by Crippen LogP contribution is -2.31. The molecule has 6 heteroatoms. The van der Waals surface area contributed by atoms with Crippen LogP contribution in [0.25, 0.3) is 0 Å². The van der Waals surface area contributed by atoms with E-state index >= 15 is 0 Å². The molecule has 90 valence electrons. The molecule has 0 aromatic heterocycles. The Kier molecular flexibility index (Phi) is 3.35. The Morgan fingerprint density at radius 3 is 2.18 bits per heavy atom. The van der Waals surface area contributed by atoms with Crippen LogP contribution in [0.4, 0.5) is 0 Å². The molecule has 0 spiro atoms. The molecule has 1 aromatic carbocycles. The molecule has 0 saturated heterocycles. The van der Waals surface area contributed by atoms with E-state index in [0.29, 0.717) is 11.1 Å². The molecule has 0 aliphatic carbocycles. The first-order chi connectivity index (χ1) is 8.11. The van der Waals surface area contributed by atoms with Gasteiger partial charge in [0.05, 0.1) is 17.7 Å². The van der Waals surface area contributed by atoms with Gasteiger partial charge in [0.15, 0.2) is 0 Å². The Labute approximate surface area is 101 Å². The van der Waals surface area contributed by atoms with Gasteiger partial charge in [-0.3, -0.25) is 18.6 Å². The van der Waals surface area contributed by atoms with Gasteiger partial charge in [0.25, 0.3) is 11.8 Å². The molecule has 5 nitrogen and oxygen atoms in total. The van der Waals surface area contributed by atoms with Gasteiger partial charge < -0.3 is 0 Å². The van der Waals surface area contributed by atoms with Crippen LogP contribution >= 0.6 is 0 Å². The van der Waals surface area contributed by atoms with Crippen LogP contribution in [0.15, 0.2) is 24.3 Å². The molecule has 1 atom stereocenters. The van der Waals surface area contributed by atoms with Gasteiger partial charge in [-0.25, -0.2) is 0 Å². The molecule has 1 aliphatic rings. The van der Waals surface area contributed by atoms with Crippen molar-refractivity contribution >= 4 is 22.6 Å². The zero-order valence-electron chi connectivity index (χ0n) is 9.21. The third-order valence-corrected chi connectivity index (χ3v) is 3.09. The van der Waals surface area contributed by atoms with Crippen molar-refractivity contribution in [2.45, 2.75) is 0 Å². The number of carbonyl (C=O) groups is 2. The number of benzene rings is 1. The summed E-state index contributed by atoms with van der Waals surface area (Å²) in [7, 11) is -1.01. The number of hydrogen-bond acceptors (Lipinski definition) is 4. The fourth-order valence-corrected chi connectivity index (χ4v) is 1.84. The number of carbonyl (C=O) groups excluding carboxylic acids is 2. The van der Waals surface area contributed by atoms with E-state index in [1.54, 1.807) is 24.3 Å². The van der Waals surface area contributed by atoms with Crippen molar-refractivity contribution in [2.24, 2.45) is 0 Å². The SMILES string of the molecule is CS(=O)CCON1C(=O)c2ccccc2C1=O. The van der Waals surface area contributed by atoms with Gasteiger partial charge in [0, 0.05) is 22.8 Å². The van der Waals surface area contributed by atoms with Crippen molar-refractivity contribution in [3.05, 3.63) is 35.4 Å². The van der Waals surface area contributed by atoms with E-state index in [-0.39, 0.29) is 12.4 Å². The summed E-state index contributed by atoms with van der Waals surface area (Å²) in [5.41, 5.74) is 0.685. The largest absolute Gasteiger partial charge is 0.285 e. The highest BCUT2D eigenvalue weighted by atomic mass is 32.2. The fraction of sp³-hybridized carbons (Fsp3) is 0.273. The number of fused-ring (bicyclic) bond motifs is 1. The lowest BCUT2D eigenvalue weighted by Gasteiger charge is -2.12. The molecule has 0 bridgehead atoms. The van der Waals surface area contributed by atoms with Crippen molar-refractivity contribution < 1.29 is 18.6 Å². The van der Waals surface area contributed by atoms with Gasteiger partial charge in [-0.1, -0.05) is 12.1 Å². The lowest BCUT2D eigenvalue weighted by atomic mass is 10.1. The summed E-state index contributed by atoms with van der Waals surface area (Å²) in [4.78, 5) is 28.6. The fourth-order valence-electron chi connectivity index (χ4n) is 1.53. The molecule has 1 aliphatic heterocycles. The minimum atomic E-state index is -1.01. The number of amides is 2. The summed E-state index contributed by atoms with van der Waals surface area (Å²) in [6, 6.07) is 6.54. The summed E-state index contributed by atoms with van der Waals surface area (Å²) in [5.74, 6) is -0.645. The van der Waals surface area contributed by atoms with Gasteiger partial charge in [-0.05, 0) is 12.1 Å². The molecule has 0 radical (unpaired) electrons. The van der Waals surface area contributed by atoms with Gasteiger partial charge in [-0.2, -0.15) is 0 Å². The highest BCUT2D eigenvalue weighted by molar-refractivity contribution is 7.84. The molecule has 0 N–H and O–H groups in total. The van der Waals surface area contributed by atoms with Crippen LogP contribution in [0.1, 0.15) is 20.7 Å². The highest BCUT2D eigenvalue weighted by Gasteiger charge is 2.36. The van der Waals surface area contributed by atoms with Gasteiger partial charge in [-0.15, -0.1) is 5.06 Å². The lowest BCUT2D eigenvalue weighted by molar-refractivity contribution is -0.0854. The van der Waals surface area contributed by atoms with Crippen molar-refractivity contribution in [3.8, 4) is 0 Å². The third-order valence-electron chi connectivity index (χ3n) is 2.35. The maximum atomic E-state index is 11.8. The average molecular weight is 253 g/mol.